The van der Waals surface area contributed by atoms with Gasteiger partial charge in [0.1, 0.15) is 5.82 Å². The summed E-state index contributed by atoms with van der Waals surface area (Å²) in [5.41, 5.74) is 6.99. The molecule has 0 atom stereocenters. The fourth-order valence-corrected chi connectivity index (χ4v) is 6.17. The van der Waals surface area contributed by atoms with Crippen LogP contribution in [0.3, 0.4) is 0 Å². The minimum absolute atomic E-state index is 0.818. The SMILES string of the molecule is COCCN1CCN(CCc2ccc(Nc3nc4c(cc3C)cc(-c3cccc(Br)c3)c3ccccc34)cc2)CC1. The van der Waals surface area contributed by atoms with Crippen molar-refractivity contribution in [1.82, 2.24) is 14.8 Å². The van der Waals surface area contributed by atoms with Gasteiger partial charge in [-0.3, -0.25) is 4.90 Å². The number of piperazine rings is 1. The maximum absolute atomic E-state index is 5.22. The van der Waals surface area contributed by atoms with Crippen molar-refractivity contribution in [3.63, 3.8) is 0 Å². The zero-order valence-corrected chi connectivity index (χ0v) is 25.5. The number of aryl methyl sites for hydroxylation is 1. The number of fused-ring (bicyclic) bond motifs is 3. The number of hydrogen-bond acceptors (Lipinski definition) is 5. The lowest BCUT2D eigenvalue weighted by molar-refractivity contribution is 0.0976. The Labute approximate surface area is 251 Å². The van der Waals surface area contributed by atoms with E-state index in [4.69, 9.17) is 9.72 Å². The van der Waals surface area contributed by atoms with E-state index in [2.05, 4.69) is 123 Å². The summed E-state index contributed by atoms with van der Waals surface area (Å²) in [5.74, 6) is 0.900. The van der Waals surface area contributed by atoms with Crippen LogP contribution < -0.4 is 5.32 Å². The molecule has 0 amide bonds. The molecule has 1 N–H and O–H groups in total. The first-order chi connectivity index (χ1) is 20.1. The molecule has 0 bridgehead atoms. The fourth-order valence-electron chi connectivity index (χ4n) is 5.77. The van der Waals surface area contributed by atoms with Gasteiger partial charge in [0.25, 0.3) is 0 Å². The van der Waals surface area contributed by atoms with E-state index >= 15 is 0 Å². The first-order valence-corrected chi connectivity index (χ1v) is 15.3. The second-order valence-corrected chi connectivity index (χ2v) is 11.9. The first kappa shape index (κ1) is 27.9. The second-order valence-electron chi connectivity index (χ2n) is 11.0. The predicted molar refractivity (Wildman–Crippen MR) is 175 cm³/mol. The highest BCUT2D eigenvalue weighted by molar-refractivity contribution is 9.10. The van der Waals surface area contributed by atoms with Crippen molar-refractivity contribution in [2.24, 2.45) is 0 Å². The van der Waals surface area contributed by atoms with Crippen LogP contribution in [0.1, 0.15) is 11.1 Å². The Hall–Kier alpha value is -3.29. The minimum atomic E-state index is 0.818. The molecule has 1 aromatic heterocycles. The molecule has 1 aliphatic rings. The Kier molecular flexibility index (Phi) is 8.63. The van der Waals surface area contributed by atoms with E-state index in [1.165, 1.54) is 22.1 Å². The van der Waals surface area contributed by atoms with Crippen LogP contribution in [0.4, 0.5) is 11.5 Å². The average molecular weight is 610 g/mol. The second kappa shape index (κ2) is 12.7. The number of methoxy groups -OCH3 is 1. The summed E-state index contributed by atoms with van der Waals surface area (Å²) >= 11 is 3.64. The van der Waals surface area contributed by atoms with E-state index in [1.807, 2.05) is 0 Å². The van der Waals surface area contributed by atoms with Crippen molar-refractivity contribution in [3.8, 4) is 11.1 Å². The Bertz CT molecular complexity index is 1640. The lowest BCUT2D eigenvalue weighted by atomic mass is 9.95. The van der Waals surface area contributed by atoms with Gasteiger partial charge in [0.05, 0.1) is 12.1 Å². The summed E-state index contributed by atoms with van der Waals surface area (Å²) < 4.78 is 6.30. The smallest absolute Gasteiger partial charge is 0.134 e. The van der Waals surface area contributed by atoms with Crippen LogP contribution >= 0.6 is 15.9 Å². The normalized spacial score (nSPS) is 14.6. The zero-order chi connectivity index (χ0) is 28.2. The molecule has 5 aromatic rings. The summed E-state index contributed by atoms with van der Waals surface area (Å²) in [5, 5.41) is 7.12. The van der Waals surface area contributed by atoms with Crippen molar-refractivity contribution in [3.05, 3.63) is 101 Å². The van der Waals surface area contributed by atoms with E-state index in [1.54, 1.807) is 7.11 Å². The minimum Gasteiger partial charge on any atom is -0.383 e. The van der Waals surface area contributed by atoms with E-state index in [-0.39, 0.29) is 0 Å². The van der Waals surface area contributed by atoms with Crippen molar-refractivity contribution >= 4 is 49.1 Å². The molecule has 2 heterocycles. The highest BCUT2D eigenvalue weighted by Crippen LogP contribution is 2.36. The van der Waals surface area contributed by atoms with E-state index in [0.29, 0.717) is 0 Å². The number of rotatable bonds is 9. The number of hydrogen-bond donors (Lipinski definition) is 1. The molecule has 0 radical (unpaired) electrons. The Morgan fingerprint density at radius 2 is 1.56 bits per heavy atom. The van der Waals surface area contributed by atoms with Gasteiger partial charge in [-0.2, -0.15) is 0 Å². The van der Waals surface area contributed by atoms with Crippen LogP contribution in [-0.4, -0.2) is 67.8 Å². The Morgan fingerprint density at radius 3 is 2.29 bits per heavy atom. The van der Waals surface area contributed by atoms with Crippen molar-refractivity contribution in [2.45, 2.75) is 13.3 Å². The maximum atomic E-state index is 5.22. The maximum Gasteiger partial charge on any atom is 0.134 e. The van der Waals surface area contributed by atoms with Gasteiger partial charge in [0.2, 0.25) is 0 Å². The number of benzene rings is 4. The van der Waals surface area contributed by atoms with E-state index in [0.717, 1.165) is 90.1 Å². The third kappa shape index (κ3) is 6.47. The van der Waals surface area contributed by atoms with Gasteiger partial charge in [0, 0.05) is 67.3 Å². The van der Waals surface area contributed by atoms with Crippen LogP contribution in [-0.2, 0) is 11.2 Å². The van der Waals surface area contributed by atoms with Gasteiger partial charge in [-0.05, 0) is 77.4 Å². The molecule has 0 aliphatic carbocycles. The van der Waals surface area contributed by atoms with Crippen LogP contribution in [0.5, 0.6) is 0 Å². The molecular weight excluding hydrogens is 572 g/mol. The summed E-state index contributed by atoms with van der Waals surface area (Å²) in [6.07, 6.45) is 1.07. The zero-order valence-electron chi connectivity index (χ0n) is 23.9. The van der Waals surface area contributed by atoms with E-state index in [9.17, 15) is 0 Å². The molecule has 0 unspecified atom stereocenters. The highest BCUT2D eigenvalue weighted by Gasteiger charge is 2.16. The van der Waals surface area contributed by atoms with Crippen LogP contribution in [0.25, 0.3) is 32.8 Å². The van der Waals surface area contributed by atoms with E-state index < -0.39 is 0 Å². The number of aromatic nitrogens is 1. The van der Waals surface area contributed by atoms with Crippen molar-refractivity contribution in [2.75, 3.05) is 58.3 Å². The summed E-state index contributed by atoms with van der Waals surface area (Å²) in [4.78, 5) is 10.2. The van der Waals surface area contributed by atoms with Gasteiger partial charge in [-0.1, -0.05) is 64.5 Å². The van der Waals surface area contributed by atoms with Crippen LogP contribution in [0.2, 0.25) is 0 Å². The van der Waals surface area contributed by atoms with Gasteiger partial charge >= 0.3 is 0 Å². The topological polar surface area (TPSA) is 40.6 Å². The number of anilines is 2. The molecule has 0 spiro atoms. The molecule has 1 aliphatic heterocycles. The molecule has 0 saturated carbocycles. The third-order valence-electron chi connectivity index (χ3n) is 8.16. The number of ether oxygens (including phenoxy) is 1. The van der Waals surface area contributed by atoms with Gasteiger partial charge < -0.3 is 15.0 Å². The van der Waals surface area contributed by atoms with Gasteiger partial charge in [-0.15, -0.1) is 0 Å². The average Bonchev–Trinajstić information content (AvgIpc) is 3.00. The van der Waals surface area contributed by atoms with Crippen LogP contribution in [0.15, 0.2) is 89.4 Å². The molecule has 1 fully saturated rings. The molecule has 210 valence electrons. The first-order valence-electron chi connectivity index (χ1n) is 14.5. The fraction of sp³-hybridized carbons (Fsp3) is 0.286. The lowest BCUT2D eigenvalue weighted by Gasteiger charge is -2.34. The third-order valence-corrected chi connectivity index (χ3v) is 8.65. The molecule has 1 saturated heterocycles. The largest absolute Gasteiger partial charge is 0.383 e. The molecular formula is C35H37BrN4O. The van der Waals surface area contributed by atoms with Gasteiger partial charge in [-0.25, -0.2) is 4.98 Å². The molecule has 6 rings (SSSR count). The monoisotopic (exact) mass is 608 g/mol. The summed E-state index contributed by atoms with van der Waals surface area (Å²) in [6.45, 7) is 9.62. The van der Waals surface area contributed by atoms with Crippen molar-refractivity contribution < 1.29 is 4.74 Å². The molecule has 6 heteroatoms. The number of nitrogens with one attached hydrogen (secondary N) is 1. The number of nitrogens with zero attached hydrogens (tertiary/aromatic N) is 3. The van der Waals surface area contributed by atoms with Crippen molar-refractivity contribution in [1.29, 1.82) is 0 Å². The number of halogens is 1. The molecule has 4 aromatic carbocycles. The summed E-state index contributed by atoms with van der Waals surface area (Å²) in [7, 11) is 1.78. The summed E-state index contributed by atoms with van der Waals surface area (Å²) in [6, 6.07) is 30.5. The van der Waals surface area contributed by atoms with Gasteiger partial charge in [0.15, 0.2) is 0 Å². The highest BCUT2D eigenvalue weighted by atomic mass is 79.9. The van der Waals surface area contributed by atoms with Crippen LogP contribution in [0, 0.1) is 6.92 Å². The Balaban J connectivity index is 1.17. The molecule has 5 nitrogen and oxygen atoms in total. The number of pyridine rings is 1. The lowest BCUT2D eigenvalue weighted by Crippen LogP contribution is -2.47. The Morgan fingerprint density at radius 1 is 0.829 bits per heavy atom. The molecule has 41 heavy (non-hydrogen) atoms. The predicted octanol–water partition coefficient (Wildman–Crippen LogP) is 7.68. The standard InChI is InChI=1S/C35H37BrN4O/c1-25-22-28-24-33(27-6-5-7-29(36)23-27)31-8-3-4-9-32(31)34(28)38-35(25)37-30-12-10-26(11-13-30)14-15-39-16-18-40(19-17-39)20-21-41-2/h3-13,22-24H,14-21H2,1-2H3,(H,37,38). The quantitative estimate of drug-likeness (QED) is 0.174.